The standard InChI is InChI=1S/C23H29N3O3S/c1-15-24-19(14-30-15)13-26-8-6-17(7-9-26)23(27)25-22(16-2-3-16)18-4-5-20-21(12-18)29-11-10-28-20/h4-5,12,14,16-17,22H,2-3,6-11,13H2,1H3,(H,25,27). The smallest absolute Gasteiger partial charge is 0.223 e. The first kappa shape index (κ1) is 19.8. The van der Waals surface area contributed by atoms with Gasteiger partial charge in [0.2, 0.25) is 5.91 Å². The summed E-state index contributed by atoms with van der Waals surface area (Å²) >= 11 is 1.70. The van der Waals surface area contributed by atoms with Gasteiger partial charge in [-0.2, -0.15) is 0 Å². The van der Waals surface area contributed by atoms with Crippen molar-refractivity contribution in [2.45, 2.75) is 45.2 Å². The second kappa shape index (κ2) is 8.55. The van der Waals surface area contributed by atoms with Crippen molar-refractivity contribution in [3.8, 4) is 11.5 Å². The number of benzene rings is 1. The molecule has 1 saturated carbocycles. The number of carbonyl (C=O) groups excluding carboxylic acids is 1. The molecule has 2 aromatic rings. The summed E-state index contributed by atoms with van der Waals surface area (Å²) in [6.07, 6.45) is 4.16. The summed E-state index contributed by atoms with van der Waals surface area (Å²) in [6, 6.07) is 6.18. The van der Waals surface area contributed by atoms with E-state index in [1.54, 1.807) is 11.3 Å². The fraction of sp³-hybridized carbons (Fsp3) is 0.565. The third-order valence-corrected chi connectivity index (χ3v) is 7.15. The summed E-state index contributed by atoms with van der Waals surface area (Å²) in [5.41, 5.74) is 2.28. The number of ether oxygens (including phenoxy) is 2. The van der Waals surface area contributed by atoms with E-state index in [-0.39, 0.29) is 17.9 Å². The number of amides is 1. The molecule has 1 aromatic carbocycles. The molecule has 5 rings (SSSR count). The van der Waals surface area contributed by atoms with Crippen molar-refractivity contribution in [1.29, 1.82) is 0 Å². The normalized spacial score (nSPS) is 20.7. The molecular formula is C23H29N3O3S. The Kier molecular flexibility index (Phi) is 5.65. The van der Waals surface area contributed by atoms with Gasteiger partial charge in [0.05, 0.1) is 16.7 Å². The summed E-state index contributed by atoms with van der Waals surface area (Å²) < 4.78 is 11.4. The maximum atomic E-state index is 13.1. The van der Waals surface area contributed by atoms with Crippen LogP contribution in [0.5, 0.6) is 11.5 Å². The van der Waals surface area contributed by atoms with Gasteiger partial charge < -0.3 is 14.8 Å². The Bertz CT molecular complexity index is 903. The van der Waals surface area contributed by atoms with Crippen LogP contribution in [0.3, 0.4) is 0 Å². The molecule has 0 radical (unpaired) electrons. The summed E-state index contributed by atoms with van der Waals surface area (Å²) in [4.78, 5) is 20.1. The van der Waals surface area contributed by atoms with E-state index in [0.717, 1.165) is 60.2 Å². The predicted molar refractivity (Wildman–Crippen MR) is 116 cm³/mol. The molecule has 2 fully saturated rings. The van der Waals surface area contributed by atoms with Crippen LogP contribution in [0.15, 0.2) is 23.6 Å². The maximum absolute atomic E-state index is 13.1. The first-order valence-corrected chi connectivity index (χ1v) is 11.9. The van der Waals surface area contributed by atoms with Crippen LogP contribution in [-0.4, -0.2) is 42.1 Å². The monoisotopic (exact) mass is 427 g/mol. The molecule has 1 atom stereocenters. The summed E-state index contributed by atoms with van der Waals surface area (Å²) in [7, 11) is 0. The van der Waals surface area contributed by atoms with Crippen molar-refractivity contribution >= 4 is 17.2 Å². The minimum Gasteiger partial charge on any atom is -0.486 e. The average molecular weight is 428 g/mol. The fourth-order valence-corrected chi connectivity index (χ4v) is 5.09. The Morgan fingerprint density at radius 3 is 2.67 bits per heavy atom. The Morgan fingerprint density at radius 1 is 1.20 bits per heavy atom. The number of hydrogen-bond donors (Lipinski definition) is 1. The number of nitrogens with one attached hydrogen (secondary N) is 1. The molecule has 6 nitrogen and oxygen atoms in total. The lowest BCUT2D eigenvalue weighted by atomic mass is 9.94. The van der Waals surface area contributed by atoms with Gasteiger partial charge in [-0.15, -0.1) is 11.3 Å². The second-order valence-corrected chi connectivity index (χ2v) is 9.70. The lowest BCUT2D eigenvalue weighted by Crippen LogP contribution is -2.41. The zero-order chi connectivity index (χ0) is 20.5. The first-order chi connectivity index (χ1) is 14.7. The van der Waals surface area contributed by atoms with Crippen LogP contribution >= 0.6 is 11.3 Å². The van der Waals surface area contributed by atoms with Crippen LogP contribution in [0.25, 0.3) is 0 Å². The second-order valence-electron chi connectivity index (χ2n) is 8.64. The number of aryl methyl sites for hydroxylation is 1. The maximum Gasteiger partial charge on any atom is 0.223 e. The van der Waals surface area contributed by atoms with Gasteiger partial charge in [0.1, 0.15) is 13.2 Å². The number of piperidine rings is 1. The number of hydrogen-bond acceptors (Lipinski definition) is 6. The fourth-order valence-electron chi connectivity index (χ4n) is 4.49. The molecule has 1 aliphatic carbocycles. The van der Waals surface area contributed by atoms with E-state index in [1.807, 2.05) is 13.0 Å². The van der Waals surface area contributed by atoms with Crippen molar-refractivity contribution in [2.24, 2.45) is 11.8 Å². The molecule has 2 aliphatic heterocycles. The van der Waals surface area contributed by atoms with Gasteiger partial charge in [-0.1, -0.05) is 6.07 Å². The molecule has 1 amide bonds. The van der Waals surface area contributed by atoms with Crippen molar-refractivity contribution in [1.82, 2.24) is 15.2 Å². The molecule has 0 spiro atoms. The van der Waals surface area contributed by atoms with E-state index in [1.165, 1.54) is 12.8 Å². The zero-order valence-electron chi connectivity index (χ0n) is 17.4. The van der Waals surface area contributed by atoms with Gasteiger partial charge >= 0.3 is 0 Å². The molecule has 1 aromatic heterocycles. The SMILES string of the molecule is Cc1nc(CN2CCC(C(=O)NC(c3ccc4c(c3)OCCO4)C3CC3)CC2)cs1. The van der Waals surface area contributed by atoms with Crippen molar-refractivity contribution < 1.29 is 14.3 Å². The number of thiazole rings is 1. The van der Waals surface area contributed by atoms with E-state index in [4.69, 9.17) is 9.47 Å². The van der Waals surface area contributed by atoms with Crippen molar-refractivity contribution in [3.63, 3.8) is 0 Å². The quantitative estimate of drug-likeness (QED) is 0.762. The van der Waals surface area contributed by atoms with E-state index in [2.05, 4.69) is 32.7 Å². The van der Waals surface area contributed by atoms with Crippen LogP contribution in [0.1, 0.15) is 48.0 Å². The van der Waals surface area contributed by atoms with Gasteiger partial charge in [0.15, 0.2) is 11.5 Å². The number of carbonyl (C=O) groups is 1. The Labute approximate surface area is 181 Å². The molecule has 1 N–H and O–H groups in total. The first-order valence-electron chi connectivity index (χ1n) is 11.0. The van der Waals surface area contributed by atoms with Gasteiger partial charge in [0.25, 0.3) is 0 Å². The lowest BCUT2D eigenvalue weighted by Gasteiger charge is -2.32. The zero-order valence-corrected chi connectivity index (χ0v) is 18.2. The van der Waals surface area contributed by atoms with Crippen LogP contribution in [0, 0.1) is 18.8 Å². The number of aromatic nitrogens is 1. The molecule has 1 unspecified atom stereocenters. The van der Waals surface area contributed by atoms with Crippen LogP contribution in [-0.2, 0) is 11.3 Å². The van der Waals surface area contributed by atoms with Gasteiger partial charge in [-0.25, -0.2) is 4.98 Å². The lowest BCUT2D eigenvalue weighted by molar-refractivity contribution is -0.127. The third kappa shape index (κ3) is 4.47. The number of likely N-dealkylation sites (tertiary alicyclic amines) is 1. The van der Waals surface area contributed by atoms with Crippen molar-refractivity contribution in [3.05, 3.63) is 39.8 Å². The van der Waals surface area contributed by atoms with Crippen LogP contribution < -0.4 is 14.8 Å². The summed E-state index contributed by atoms with van der Waals surface area (Å²) in [5, 5.41) is 6.63. The average Bonchev–Trinajstić information content (AvgIpc) is 3.53. The molecule has 7 heteroatoms. The molecule has 30 heavy (non-hydrogen) atoms. The van der Waals surface area contributed by atoms with Gasteiger partial charge in [-0.05, 0) is 69.3 Å². The summed E-state index contributed by atoms with van der Waals surface area (Å²) in [6.45, 7) is 6.01. The Morgan fingerprint density at radius 2 is 1.97 bits per heavy atom. The van der Waals surface area contributed by atoms with Crippen molar-refractivity contribution in [2.75, 3.05) is 26.3 Å². The molecular weight excluding hydrogens is 398 g/mol. The third-order valence-electron chi connectivity index (χ3n) is 6.33. The van der Waals surface area contributed by atoms with E-state index in [9.17, 15) is 4.79 Å². The Balaban J connectivity index is 1.19. The van der Waals surface area contributed by atoms with E-state index < -0.39 is 0 Å². The summed E-state index contributed by atoms with van der Waals surface area (Å²) in [5.74, 6) is 2.42. The minimum atomic E-state index is 0.0735. The predicted octanol–water partition coefficient (Wildman–Crippen LogP) is 3.70. The number of fused-ring (bicyclic) bond motifs is 1. The number of nitrogens with zero attached hydrogens (tertiary/aromatic N) is 2. The highest BCUT2D eigenvalue weighted by Gasteiger charge is 2.36. The molecule has 3 heterocycles. The van der Waals surface area contributed by atoms with Crippen LogP contribution in [0.4, 0.5) is 0 Å². The number of rotatable bonds is 6. The van der Waals surface area contributed by atoms with Gasteiger partial charge in [-0.3, -0.25) is 9.69 Å². The molecule has 160 valence electrons. The van der Waals surface area contributed by atoms with Gasteiger partial charge in [0, 0.05) is 17.8 Å². The minimum absolute atomic E-state index is 0.0735. The molecule has 1 saturated heterocycles. The van der Waals surface area contributed by atoms with Crippen LogP contribution in [0.2, 0.25) is 0 Å². The highest BCUT2D eigenvalue weighted by molar-refractivity contribution is 7.09. The molecule has 0 bridgehead atoms. The Hall–Kier alpha value is -2.12. The highest BCUT2D eigenvalue weighted by Crippen LogP contribution is 2.43. The molecule has 3 aliphatic rings. The van der Waals surface area contributed by atoms with E-state index >= 15 is 0 Å². The topological polar surface area (TPSA) is 63.7 Å². The largest absolute Gasteiger partial charge is 0.486 e. The highest BCUT2D eigenvalue weighted by atomic mass is 32.1. The van der Waals surface area contributed by atoms with E-state index in [0.29, 0.717) is 19.1 Å².